The lowest BCUT2D eigenvalue weighted by Gasteiger charge is -1.96. The van der Waals surface area contributed by atoms with E-state index in [2.05, 4.69) is 15.5 Å². The van der Waals surface area contributed by atoms with Gasteiger partial charge in [0.2, 0.25) is 11.0 Å². The maximum atomic E-state index is 13.4. The zero-order valence-corrected chi connectivity index (χ0v) is 10.1. The van der Waals surface area contributed by atoms with E-state index in [4.69, 9.17) is 11.6 Å². The topological polar surface area (TPSA) is 54.9 Å². The Morgan fingerprint density at radius 2 is 2.18 bits per heavy atom. The summed E-state index contributed by atoms with van der Waals surface area (Å²) in [4.78, 5) is 11.0. The first-order valence-electron chi connectivity index (χ1n) is 4.65. The van der Waals surface area contributed by atoms with Gasteiger partial charge in [-0.3, -0.25) is 10.1 Å². The molecule has 0 bridgehead atoms. The van der Waals surface area contributed by atoms with E-state index in [9.17, 15) is 9.18 Å². The van der Waals surface area contributed by atoms with Gasteiger partial charge in [-0.1, -0.05) is 23.5 Å². The summed E-state index contributed by atoms with van der Waals surface area (Å²) in [6.45, 7) is 0. The fourth-order valence-electron chi connectivity index (χ4n) is 1.17. The fourth-order valence-corrected chi connectivity index (χ4v) is 2.02. The van der Waals surface area contributed by atoms with E-state index < -0.39 is 0 Å². The van der Waals surface area contributed by atoms with Gasteiger partial charge in [-0.25, -0.2) is 4.39 Å². The average molecular weight is 272 g/mol. The van der Waals surface area contributed by atoms with Crippen LogP contribution >= 0.6 is 22.9 Å². The van der Waals surface area contributed by atoms with E-state index in [1.165, 1.54) is 6.07 Å². The molecule has 0 saturated heterocycles. The molecule has 2 aromatic rings. The van der Waals surface area contributed by atoms with E-state index >= 15 is 0 Å². The second kappa shape index (κ2) is 5.20. The normalized spacial score (nSPS) is 10.2. The van der Waals surface area contributed by atoms with Gasteiger partial charge >= 0.3 is 0 Å². The van der Waals surface area contributed by atoms with Crippen LogP contribution in [-0.2, 0) is 4.79 Å². The van der Waals surface area contributed by atoms with Crippen LogP contribution in [0.25, 0.3) is 10.6 Å². The Bertz CT molecular complexity index is 546. The Morgan fingerprint density at radius 3 is 2.88 bits per heavy atom. The maximum Gasteiger partial charge on any atom is 0.241 e. The summed E-state index contributed by atoms with van der Waals surface area (Å²) in [5, 5.41) is 10.7. The molecule has 0 radical (unpaired) electrons. The van der Waals surface area contributed by atoms with Gasteiger partial charge in [-0.15, -0.1) is 21.8 Å². The van der Waals surface area contributed by atoms with Crippen LogP contribution in [0.1, 0.15) is 0 Å². The first kappa shape index (κ1) is 11.9. The highest BCUT2D eigenvalue weighted by atomic mass is 35.5. The van der Waals surface area contributed by atoms with Gasteiger partial charge in [0.1, 0.15) is 11.7 Å². The number of benzene rings is 1. The van der Waals surface area contributed by atoms with Crippen molar-refractivity contribution in [3.05, 3.63) is 30.1 Å². The molecular weight excluding hydrogens is 265 g/mol. The van der Waals surface area contributed by atoms with Crippen LogP contribution in [0.2, 0.25) is 0 Å². The van der Waals surface area contributed by atoms with Gasteiger partial charge in [-0.2, -0.15) is 0 Å². The number of halogens is 2. The molecule has 0 fully saturated rings. The minimum atomic E-state index is -0.376. The molecule has 0 aliphatic carbocycles. The number of nitrogens with one attached hydrogen (secondary N) is 1. The Morgan fingerprint density at radius 1 is 1.41 bits per heavy atom. The smallest absolute Gasteiger partial charge is 0.241 e. The second-order valence-corrected chi connectivity index (χ2v) is 4.32. The van der Waals surface area contributed by atoms with Gasteiger partial charge in [0.15, 0.2) is 5.01 Å². The van der Waals surface area contributed by atoms with Gasteiger partial charge < -0.3 is 0 Å². The lowest BCUT2D eigenvalue weighted by atomic mass is 10.2. The van der Waals surface area contributed by atoms with Crippen LogP contribution in [-0.4, -0.2) is 22.0 Å². The van der Waals surface area contributed by atoms with E-state index in [1.54, 1.807) is 18.2 Å². The number of carbonyl (C=O) groups is 1. The first-order valence-corrected chi connectivity index (χ1v) is 6.00. The summed E-state index contributed by atoms with van der Waals surface area (Å²) < 4.78 is 13.4. The van der Waals surface area contributed by atoms with Crippen molar-refractivity contribution in [2.75, 3.05) is 11.2 Å². The molecule has 88 valence electrons. The number of rotatable bonds is 3. The molecule has 1 N–H and O–H groups in total. The number of hydrogen-bond donors (Lipinski definition) is 1. The molecule has 1 amide bonds. The number of hydrogen-bond acceptors (Lipinski definition) is 4. The van der Waals surface area contributed by atoms with Gasteiger partial charge in [0.25, 0.3) is 0 Å². The SMILES string of the molecule is O=C(CCl)Nc1nnc(-c2ccccc2F)s1. The van der Waals surface area contributed by atoms with Gasteiger partial charge in [0, 0.05) is 5.56 Å². The fraction of sp³-hybridized carbons (Fsp3) is 0.100. The lowest BCUT2D eigenvalue weighted by molar-refractivity contribution is -0.113. The lowest BCUT2D eigenvalue weighted by Crippen LogP contribution is -2.12. The average Bonchev–Trinajstić information content (AvgIpc) is 2.78. The molecule has 1 aromatic carbocycles. The third kappa shape index (κ3) is 2.78. The quantitative estimate of drug-likeness (QED) is 0.873. The largest absolute Gasteiger partial charge is 0.299 e. The van der Waals surface area contributed by atoms with E-state index in [0.717, 1.165) is 11.3 Å². The molecule has 0 aliphatic heterocycles. The molecule has 1 aromatic heterocycles. The van der Waals surface area contributed by atoms with E-state index in [1.807, 2.05) is 0 Å². The molecular formula is C10H7ClFN3OS. The predicted octanol–water partition coefficient (Wildman–Crippen LogP) is 2.52. The van der Waals surface area contributed by atoms with Crippen molar-refractivity contribution >= 4 is 34.0 Å². The summed E-state index contributed by atoms with van der Waals surface area (Å²) in [5.41, 5.74) is 0.358. The van der Waals surface area contributed by atoms with Crippen molar-refractivity contribution in [3.8, 4) is 10.6 Å². The van der Waals surface area contributed by atoms with E-state index in [0.29, 0.717) is 15.7 Å². The van der Waals surface area contributed by atoms with Crippen molar-refractivity contribution in [2.24, 2.45) is 0 Å². The first-order chi connectivity index (χ1) is 8.20. The molecule has 7 heteroatoms. The molecule has 0 aliphatic rings. The molecule has 0 spiro atoms. The van der Waals surface area contributed by atoms with Gasteiger partial charge in [0.05, 0.1) is 0 Å². The van der Waals surface area contributed by atoms with Crippen LogP contribution < -0.4 is 5.32 Å². The summed E-state index contributed by atoms with van der Waals surface area (Å²) in [7, 11) is 0. The van der Waals surface area contributed by atoms with Crippen molar-refractivity contribution in [1.82, 2.24) is 10.2 Å². The predicted molar refractivity (Wildman–Crippen MR) is 64.7 cm³/mol. The van der Waals surface area contributed by atoms with Crippen molar-refractivity contribution in [1.29, 1.82) is 0 Å². The van der Waals surface area contributed by atoms with E-state index in [-0.39, 0.29) is 17.6 Å². The van der Waals surface area contributed by atoms with Crippen LogP contribution in [0, 0.1) is 5.82 Å². The van der Waals surface area contributed by atoms with Crippen molar-refractivity contribution < 1.29 is 9.18 Å². The Labute approximate surface area is 105 Å². The van der Waals surface area contributed by atoms with Crippen LogP contribution in [0.3, 0.4) is 0 Å². The number of nitrogens with zero attached hydrogens (tertiary/aromatic N) is 2. The standard InChI is InChI=1S/C10H7ClFN3OS/c11-5-8(16)13-10-15-14-9(17-10)6-3-1-2-4-7(6)12/h1-4H,5H2,(H,13,15,16). The van der Waals surface area contributed by atoms with Gasteiger partial charge in [-0.05, 0) is 12.1 Å². The molecule has 0 unspecified atom stereocenters. The summed E-state index contributed by atoms with van der Waals surface area (Å²) in [6.07, 6.45) is 0. The molecule has 17 heavy (non-hydrogen) atoms. The highest BCUT2D eigenvalue weighted by molar-refractivity contribution is 7.18. The summed E-state index contributed by atoms with van der Waals surface area (Å²) >= 11 is 6.43. The Kier molecular flexibility index (Phi) is 3.65. The third-order valence-corrected chi connectivity index (χ3v) is 3.01. The minimum Gasteiger partial charge on any atom is -0.299 e. The zero-order chi connectivity index (χ0) is 12.3. The molecule has 0 atom stereocenters. The number of anilines is 1. The number of alkyl halides is 1. The Balaban J connectivity index is 2.24. The van der Waals surface area contributed by atoms with Crippen molar-refractivity contribution in [3.63, 3.8) is 0 Å². The monoisotopic (exact) mass is 271 g/mol. The second-order valence-electron chi connectivity index (χ2n) is 3.07. The minimum absolute atomic E-state index is 0.158. The maximum absolute atomic E-state index is 13.4. The molecule has 4 nitrogen and oxygen atoms in total. The van der Waals surface area contributed by atoms with Crippen LogP contribution in [0.15, 0.2) is 24.3 Å². The third-order valence-electron chi connectivity index (χ3n) is 1.90. The van der Waals surface area contributed by atoms with Crippen LogP contribution in [0.5, 0.6) is 0 Å². The highest BCUT2D eigenvalue weighted by Crippen LogP contribution is 2.28. The summed E-state index contributed by atoms with van der Waals surface area (Å²) in [6, 6.07) is 6.24. The number of carbonyl (C=O) groups excluding carboxylic acids is 1. The summed E-state index contributed by atoms with van der Waals surface area (Å²) in [5.74, 6) is -0.906. The van der Waals surface area contributed by atoms with Crippen LogP contribution in [0.4, 0.5) is 9.52 Å². The molecule has 2 rings (SSSR count). The number of amides is 1. The Hall–Kier alpha value is -1.53. The molecule has 1 heterocycles. The van der Waals surface area contributed by atoms with Crippen molar-refractivity contribution in [2.45, 2.75) is 0 Å². The molecule has 0 saturated carbocycles. The highest BCUT2D eigenvalue weighted by Gasteiger charge is 2.11. The zero-order valence-electron chi connectivity index (χ0n) is 8.48. The number of aromatic nitrogens is 2.